The van der Waals surface area contributed by atoms with E-state index in [9.17, 15) is 8.42 Å². The van der Waals surface area contributed by atoms with Crippen LogP contribution in [0.5, 0.6) is 11.5 Å². The minimum absolute atomic E-state index is 0.183. The lowest BCUT2D eigenvalue weighted by atomic mass is 10.2. The van der Waals surface area contributed by atoms with Crippen molar-refractivity contribution >= 4 is 10.0 Å². The molecular formula is C14H22N2O4S. The van der Waals surface area contributed by atoms with Crippen molar-refractivity contribution in [2.75, 3.05) is 27.3 Å². The SMILES string of the molecule is COc1cc(S(=O)(=O)N2CCCCC2)cc(CN)c1OC. The van der Waals surface area contributed by atoms with Crippen molar-refractivity contribution in [3.63, 3.8) is 0 Å². The first-order valence-electron chi connectivity index (χ1n) is 6.99. The Bertz CT molecular complexity index is 570. The quantitative estimate of drug-likeness (QED) is 0.887. The van der Waals surface area contributed by atoms with Gasteiger partial charge < -0.3 is 15.2 Å². The molecule has 1 aromatic rings. The highest BCUT2D eigenvalue weighted by molar-refractivity contribution is 7.89. The number of methoxy groups -OCH3 is 2. The zero-order valence-corrected chi connectivity index (χ0v) is 13.3. The predicted octanol–water partition coefficient (Wildman–Crippen LogP) is 1.34. The maximum Gasteiger partial charge on any atom is 0.243 e. The van der Waals surface area contributed by atoms with Crippen molar-refractivity contribution in [3.8, 4) is 11.5 Å². The van der Waals surface area contributed by atoms with E-state index in [0.717, 1.165) is 19.3 Å². The highest BCUT2D eigenvalue weighted by Gasteiger charge is 2.28. The first-order valence-corrected chi connectivity index (χ1v) is 8.43. The van der Waals surface area contributed by atoms with Crippen molar-refractivity contribution in [2.24, 2.45) is 5.73 Å². The van der Waals surface area contributed by atoms with E-state index in [1.54, 1.807) is 6.07 Å². The van der Waals surface area contributed by atoms with Crippen LogP contribution in [0.4, 0.5) is 0 Å². The standard InChI is InChI=1S/C14H22N2O4S/c1-19-13-9-12(8-11(10-15)14(13)20-2)21(17,18)16-6-4-3-5-7-16/h8-9H,3-7,10,15H2,1-2H3. The van der Waals surface area contributed by atoms with Crippen LogP contribution in [-0.2, 0) is 16.6 Å². The average Bonchev–Trinajstić information content (AvgIpc) is 2.54. The molecule has 6 nitrogen and oxygen atoms in total. The maximum absolute atomic E-state index is 12.7. The third-order valence-corrected chi connectivity index (χ3v) is 5.58. The summed E-state index contributed by atoms with van der Waals surface area (Å²) in [6, 6.07) is 3.08. The van der Waals surface area contributed by atoms with E-state index in [-0.39, 0.29) is 11.4 Å². The zero-order chi connectivity index (χ0) is 15.5. The molecule has 1 fully saturated rings. The highest BCUT2D eigenvalue weighted by atomic mass is 32.2. The number of nitrogens with two attached hydrogens (primary N) is 1. The first-order chi connectivity index (χ1) is 10.0. The molecule has 0 amide bonds. The molecule has 0 bridgehead atoms. The molecule has 2 N–H and O–H groups in total. The Morgan fingerprint density at radius 2 is 1.81 bits per heavy atom. The molecule has 1 aliphatic heterocycles. The van der Waals surface area contributed by atoms with Gasteiger partial charge in [0.1, 0.15) is 0 Å². The molecule has 0 saturated carbocycles. The van der Waals surface area contributed by atoms with Crippen LogP contribution in [0.15, 0.2) is 17.0 Å². The molecule has 1 saturated heterocycles. The summed E-state index contributed by atoms with van der Waals surface area (Å²) in [5.74, 6) is 0.869. The molecule has 1 aromatic carbocycles. The number of nitrogens with zero attached hydrogens (tertiary/aromatic N) is 1. The molecular weight excluding hydrogens is 292 g/mol. The normalized spacial score (nSPS) is 16.7. The Balaban J connectivity index is 2.47. The summed E-state index contributed by atoms with van der Waals surface area (Å²) in [7, 11) is -0.519. The Morgan fingerprint density at radius 3 is 2.33 bits per heavy atom. The lowest BCUT2D eigenvalue weighted by Crippen LogP contribution is -2.35. The number of piperidine rings is 1. The zero-order valence-electron chi connectivity index (χ0n) is 12.5. The number of benzene rings is 1. The molecule has 0 aliphatic carbocycles. The molecule has 0 spiro atoms. The van der Waals surface area contributed by atoms with Crippen molar-refractivity contribution in [3.05, 3.63) is 17.7 Å². The Morgan fingerprint density at radius 1 is 1.14 bits per heavy atom. The number of ether oxygens (including phenoxy) is 2. The fraction of sp³-hybridized carbons (Fsp3) is 0.571. The minimum atomic E-state index is -3.51. The van der Waals surface area contributed by atoms with Crippen LogP contribution in [0.2, 0.25) is 0 Å². The van der Waals surface area contributed by atoms with E-state index in [2.05, 4.69) is 0 Å². The van der Waals surface area contributed by atoms with Crippen LogP contribution in [0.25, 0.3) is 0 Å². The second-order valence-corrected chi connectivity index (χ2v) is 6.92. The molecule has 7 heteroatoms. The Kier molecular flexibility index (Phi) is 5.08. The maximum atomic E-state index is 12.7. The molecule has 0 radical (unpaired) electrons. The van der Waals surface area contributed by atoms with E-state index in [1.807, 2.05) is 0 Å². The van der Waals surface area contributed by atoms with Gasteiger partial charge in [0, 0.05) is 31.3 Å². The number of hydrogen-bond donors (Lipinski definition) is 1. The van der Waals surface area contributed by atoms with Gasteiger partial charge in [-0.2, -0.15) is 4.31 Å². The van der Waals surface area contributed by atoms with E-state index in [4.69, 9.17) is 15.2 Å². The third kappa shape index (κ3) is 3.14. The lowest BCUT2D eigenvalue weighted by molar-refractivity contribution is 0.342. The molecule has 0 atom stereocenters. The Labute approximate surface area is 125 Å². The van der Waals surface area contributed by atoms with Crippen molar-refractivity contribution in [2.45, 2.75) is 30.7 Å². The van der Waals surface area contributed by atoms with Gasteiger partial charge in [-0.3, -0.25) is 0 Å². The van der Waals surface area contributed by atoms with Crippen LogP contribution in [0.3, 0.4) is 0 Å². The summed E-state index contributed by atoms with van der Waals surface area (Å²) in [6.07, 6.45) is 2.87. The van der Waals surface area contributed by atoms with Gasteiger partial charge in [0.15, 0.2) is 11.5 Å². The number of rotatable bonds is 5. The smallest absolute Gasteiger partial charge is 0.243 e. The van der Waals surface area contributed by atoms with Gasteiger partial charge in [-0.05, 0) is 18.9 Å². The van der Waals surface area contributed by atoms with Crippen LogP contribution >= 0.6 is 0 Å². The van der Waals surface area contributed by atoms with Crippen LogP contribution in [0.1, 0.15) is 24.8 Å². The summed E-state index contributed by atoms with van der Waals surface area (Å²) < 4.78 is 37.4. The van der Waals surface area contributed by atoms with Crippen LogP contribution < -0.4 is 15.2 Å². The van der Waals surface area contributed by atoms with Gasteiger partial charge in [0.05, 0.1) is 19.1 Å². The second kappa shape index (κ2) is 6.64. The molecule has 1 aliphatic rings. The molecule has 0 aromatic heterocycles. The monoisotopic (exact) mass is 314 g/mol. The topological polar surface area (TPSA) is 81.9 Å². The average molecular weight is 314 g/mol. The van der Waals surface area contributed by atoms with Gasteiger partial charge >= 0.3 is 0 Å². The molecule has 2 rings (SSSR count). The molecule has 1 heterocycles. The van der Waals surface area contributed by atoms with Gasteiger partial charge in [-0.15, -0.1) is 0 Å². The number of sulfonamides is 1. The molecule has 21 heavy (non-hydrogen) atoms. The van der Waals surface area contributed by atoms with Crippen LogP contribution in [0, 0.1) is 0 Å². The summed E-state index contributed by atoms with van der Waals surface area (Å²) in [5, 5.41) is 0. The fourth-order valence-electron chi connectivity index (χ4n) is 2.57. The predicted molar refractivity (Wildman–Crippen MR) is 80.0 cm³/mol. The summed E-state index contributed by atoms with van der Waals surface area (Å²) in [6.45, 7) is 1.31. The molecule has 118 valence electrons. The van der Waals surface area contributed by atoms with E-state index < -0.39 is 10.0 Å². The summed E-state index contributed by atoms with van der Waals surface area (Å²) in [4.78, 5) is 0.211. The van der Waals surface area contributed by atoms with Gasteiger partial charge in [-0.1, -0.05) is 6.42 Å². The Hall–Kier alpha value is -1.31. The third-order valence-electron chi connectivity index (χ3n) is 3.70. The fourth-order valence-corrected chi connectivity index (χ4v) is 4.15. The number of hydrogen-bond acceptors (Lipinski definition) is 5. The van der Waals surface area contributed by atoms with Gasteiger partial charge in [-0.25, -0.2) is 8.42 Å². The van der Waals surface area contributed by atoms with Gasteiger partial charge in [0.2, 0.25) is 10.0 Å². The van der Waals surface area contributed by atoms with E-state index in [1.165, 1.54) is 24.6 Å². The van der Waals surface area contributed by atoms with E-state index in [0.29, 0.717) is 30.2 Å². The summed E-state index contributed by atoms with van der Waals surface area (Å²) in [5.41, 5.74) is 6.31. The first kappa shape index (κ1) is 16.1. The van der Waals surface area contributed by atoms with Crippen LogP contribution in [-0.4, -0.2) is 40.0 Å². The highest BCUT2D eigenvalue weighted by Crippen LogP contribution is 2.35. The van der Waals surface area contributed by atoms with Crippen molar-refractivity contribution in [1.82, 2.24) is 4.31 Å². The largest absolute Gasteiger partial charge is 0.493 e. The van der Waals surface area contributed by atoms with Crippen molar-refractivity contribution < 1.29 is 17.9 Å². The summed E-state index contributed by atoms with van der Waals surface area (Å²) >= 11 is 0. The lowest BCUT2D eigenvalue weighted by Gasteiger charge is -2.26. The van der Waals surface area contributed by atoms with Gasteiger partial charge in [0.25, 0.3) is 0 Å². The minimum Gasteiger partial charge on any atom is -0.493 e. The second-order valence-electron chi connectivity index (χ2n) is 4.99. The van der Waals surface area contributed by atoms with Crippen molar-refractivity contribution in [1.29, 1.82) is 0 Å². The molecule has 0 unspecified atom stereocenters. The van der Waals surface area contributed by atoms with E-state index >= 15 is 0 Å².